The summed E-state index contributed by atoms with van der Waals surface area (Å²) in [4.78, 5) is 9.77. The van der Waals surface area contributed by atoms with E-state index in [9.17, 15) is 18.9 Å². The van der Waals surface area contributed by atoms with Gasteiger partial charge in [-0.05, 0) is 6.07 Å². The molecule has 0 amide bonds. The molecule has 0 saturated carbocycles. The zero-order valence-corrected chi connectivity index (χ0v) is 7.48. The van der Waals surface area contributed by atoms with Gasteiger partial charge in [0.2, 0.25) is 0 Å². The molecule has 14 heavy (non-hydrogen) atoms. The number of halogens is 2. The Hall–Kier alpha value is -1.56. The van der Waals surface area contributed by atoms with Gasteiger partial charge in [0.1, 0.15) is 17.0 Å². The van der Waals surface area contributed by atoms with Crippen molar-refractivity contribution in [3.05, 3.63) is 39.3 Å². The van der Waals surface area contributed by atoms with Crippen molar-refractivity contribution in [2.24, 2.45) is 0 Å². The van der Waals surface area contributed by atoms with Crippen molar-refractivity contribution in [2.75, 3.05) is 0 Å². The summed E-state index contributed by atoms with van der Waals surface area (Å²) in [5.41, 5.74) is -0.403. The summed E-state index contributed by atoms with van der Waals surface area (Å²) in [5.74, 6) is -1.39. The summed E-state index contributed by atoms with van der Waals surface area (Å²) in [5, 5.41) is 11.3. The van der Waals surface area contributed by atoms with Crippen LogP contribution in [0.1, 0.15) is 0 Å². The number of nitro benzene ring substituents is 1. The maximum atomic E-state index is 13.1. The van der Waals surface area contributed by atoms with E-state index in [1.807, 2.05) is 0 Å². The Morgan fingerprint density at radius 1 is 1.29 bits per heavy atom. The van der Waals surface area contributed by atoms with E-state index in [0.717, 1.165) is 28.8 Å². The Bertz CT molecular complexity index is 523. The van der Waals surface area contributed by atoms with Crippen LogP contribution in [0.15, 0.2) is 17.5 Å². The molecule has 2 aromatic rings. The summed E-state index contributed by atoms with van der Waals surface area (Å²) in [6, 6.07) is 1.93. The van der Waals surface area contributed by atoms with Gasteiger partial charge in [-0.25, -0.2) is 8.78 Å². The van der Waals surface area contributed by atoms with Crippen LogP contribution in [0.5, 0.6) is 0 Å². The van der Waals surface area contributed by atoms with Crippen molar-refractivity contribution < 1.29 is 13.7 Å². The maximum absolute atomic E-state index is 13.1. The lowest BCUT2D eigenvalue weighted by molar-refractivity contribution is -0.383. The molecular weight excluding hydrogens is 212 g/mol. The van der Waals surface area contributed by atoms with E-state index >= 15 is 0 Å². The lowest BCUT2D eigenvalue weighted by Gasteiger charge is -1.94. The SMILES string of the molecule is O=[N+]([O-])c1ccc(F)c2scc(F)c12. The minimum atomic E-state index is -0.754. The quantitative estimate of drug-likeness (QED) is 0.542. The highest BCUT2D eigenvalue weighted by molar-refractivity contribution is 7.17. The highest BCUT2D eigenvalue weighted by Gasteiger charge is 2.19. The fourth-order valence-electron chi connectivity index (χ4n) is 1.21. The van der Waals surface area contributed by atoms with Crippen LogP contribution in [0.2, 0.25) is 0 Å². The molecule has 3 nitrogen and oxygen atoms in total. The van der Waals surface area contributed by atoms with Crippen LogP contribution in [0.3, 0.4) is 0 Å². The highest BCUT2D eigenvalue weighted by atomic mass is 32.1. The Kier molecular flexibility index (Phi) is 1.92. The Morgan fingerprint density at radius 3 is 2.64 bits per heavy atom. The molecule has 6 heteroatoms. The molecule has 0 bridgehead atoms. The van der Waals surface area contributed by atoms with Crippen LogP contribution in [-0.4, -0.2) is 4.92 Å². The number of thiophene rings is 1. The lowest BCUT2D eigenvalue weighted by atomic mass is 10.2. The first-order valence-corrected chi connectivity index (χ1v) is 4.49. The maximum Gasteiger partial charge on any atom is 0.281 e. The summed E-state index contributed by atoms with van der Waals surface area (Å²) in [7, 11) is 0. The highest BCUT2D eigenvalue weighted by Crippen LogP contribution is 2.34. The molecule has 1 aromatic carbocycles. The van der Waals surface area contributed by atoms with E-state index < -0.39 is 22.2 Å². The molecule has 1 heterocycles. The van der Waals surface area contributed by atoms with Crippen molar-refractivity contribution >= 4 is 27.1 Å². The molecule has 1 aromatic heterocycles. The van der Waals surface area contributed by atoms with Gasteiger partial charge in [0, 0.05) is 11.4 Å². The average Bonchev–Trinajstić information content (AvgIpc) is 2.50. The minimum Gasteiger partial charge on any atom is -0.258 e. The van der Waals surface area contributed by atoms with Gasteiger partial charge in [-0.1, -0.05) is 0 Å². The van der Waals surface area contributed by atoms with Crippen LogP contribution in [0.25, 0.3) is 10.1 Å². The normalized spacial score (nSPS) is 10.7. The molecule has 2 rings (SSSR count). The van der Waals surface area contributed by atoms with Gasteiger partial charge >= 0.3 is 0 Å². The van der Waals surface area contributed by atoms with Crippen LogP contribution >= 0.6 is 11.3 Å². The summed E-state index contributed by atoms with van der Waals surface area (Å²) < 4.78 is 26.1. The topological polar surface area (TPSA) is 43.1 Å². The number of non-ortho nitro benzene ring substituents is 1. The van der Waals surface area contributed by atoms with Crippen molar-refractivity contribution in [1.29, 1.82) is 0 Å². The molecule has 0 unspecified atom stereocenters. The van der Waals surface area contributed by atoms with E-state index in [1.165, 1.54) is 0 Å². The third-order valence-electron chi connectivity index (χ3n) is 1.80. The van der Waals surface area contributed by atoms with Gasteiger partial charge in [-0.3, -0.25) is 10.1 Å². The largest absolute Gasteiger partial charge is 0.281 e. The second-order valence-corrected chi connectivity index (χ2v) is 3.49. The standard InChI is InChI=1S/C8H3F2NO2S/c9-4-1-2-6(11(12)13)7-5(10)3-14-8(4)7/h1-3H. The molecular formula is C8H3F2NO2S. The van der Waals surface area contributed by atoms with E-state index in [4.69, 9.17) is 0 Å². The smallest absolute Gasteiger partial charge is 0.258 e. The first kappa shape index (κ1) is 9.01. The molecule has 0 atom stereocenters. The first-order valence-electron chi connectivity index (χ1n) is 3.61. The van der Waals surface area contributed by atoms with Gasteiger partial charge in [0.15, 0.2) is 0 Å². The predicted octanol–water partition coefficient (Wildman–Crippen LogP) is 3.09. The molecule has 72 valence electrons. The van der Waals surface area contributed by atoms with Gasteiger partial charge in [0.05, 0.1) is 9.62 Å². The first-order chi connectivity index (χ1) is 6.61. The summed E-state index contributed by atoms with van der Waals surface area (Å²) >= 11 is 0.818. The van der Waals surface area contributed by atoms with Crippen molar-refractivity contribution in [2.45, 2.75) is 0 Å². The van der Waals surface area contributed by atoms with Crippen LogP contribution in [-0.2, 0) is 0 Å². The number of hydrogen-bond donors (Lipinski definition) is 0. The van der Waals surface area contributed by atoms with E-state index in [2.05, 4.69) is 0 Å². The number of nitrogens with zero attached hydrogens (tertiary/aromatic N) is 1. The Labute approximate surface area is 80.7 Å². The number of hydrogen-bond acceptors (Lipinski definition) is 3. The zero-order chi connectivity index (χ0) is 10.3. The number of benzene rings is 1. The van der Waals surface area contributed by atoms with E-state index in [-0.39, 0.29) is 10.1 Å². The van der Waals surface area contributed by atoms with Crippen LogP contribution in [0.4, 0.5) is 14.5 Å². The monoisotopic (exact) mass is 215 g/mol. The molecule has 0 fully saturated rings. The van der Waals surface area contributed by atoms with Crippen molar-refractivity contribution in [1.82, 2.24) is 0 Å². The third kappa shape index (κ3) is 1.15. The van der Waals surface area contributed by atoms with Crippen LogP contribution < -0.4 is 0 Å². The summed E-state index contributed by atoms with van der Waals surface area (Å²) in [6.07, 6.45) is 0. The zero-order valence-electron chi connectivity index (χ0n) is 6.66. The molecule has 0 spiro atoms. The van der Waals surface area contributed by atoms with E-state index in [1.54, 1.807) is 0 Å². The number of nitro groups is 1. The molecule has 0 aliphatic carbocycles. The fourth-order valence-corrected chi connectivity index (χ4v) is 2.05. The van der Waals surface area contributed by atoms with Crippen molar-refractivity contribution in [3.63, 3.8) is 0 Å². The van der Waals surface area contributed by atoms with Crippen molar-refractivity contribution in [3.8, 4) is 0 Å². The second-order valence-electron chi connectivity index (χ2n) is 2.61. The van der Waals surface area contributed by atoms with Gasteiger partial charge < -0.3 is 0 Å². The molecule has 0 aliphatic heterocycles. The predicted molar refractivity (Wildman–Crippen MR) is 48.4 cm³/mol. The number of fused-ring (bicyclic) bond motifs is 1. The fraction of sp³-hybridized carbons (Fsp3) is 0. The van der Waals surface area contributed by atoms with Gasteiger partial charge in [0.25, 0.3) is 5.69 Å². The second kappa shape index (κ2) is 2.98. The summed E-state index contributed by atoms with van der Waals surface area (Å²) in [6.45, 7) is 0. The minimum absolute atomic E-state index is 0.0169. The molecule has 0 N–H and O–H groups in total. The number of rotatable bonds is 1. The van der Waals surface area contributed by atoms with E-state index in [0.29, 0.717) is 0 Å². The van der Waals surface area contributed by atoms with Gasteiger partial charge in [-0.15, -0.1) is 11.3 Å². The van der Waals surface area contributed by atoms with Crippen LogP contribution in [0, 0.1) is 21.7 Å². The third-order valence-corrected chi connectivity index (χ3v) is 2.76. The average molecular weight is 215 g/mol. The Balaban J connectivity index is 2.92. The lowest BCUT2D eigenvalue weighted by Crippen LogP contribution is -1.90. The Morgan fingerprint density at radius 2 is 2.00 bits per heavy atom. The molecule has 0 saturated heterocycles. The molecule has 0 aliphatic rings. The molecule has 0 radical (unpaired) electrons. The van der Waals surface area contributed by atoms with Gasteiger partial charge in [-0.2, -0.15) is 0 Å².